The first-order valence-corrected chi connectivity index (χ1v) is 6.35. The maximum atomic E-state index is 12.0. The van der Waals surface area contributed by atoms with Crippen LogP contribution in [0.15, 0.2) is 6.07 Å². The van der Waals surface area contributed by atoms with E-state index in [1.165, 1.54) is 0 Å². The predicted octanol–water partition coefficient (Wildman–Crippen LogP) is 2.16. The van der Waals surface area contributed by atoms with Crippen molar-refractivity contribution in [3.8, 4) is 0 Å². The van der Waals surface area contributed by atoms with Gasteiger partial charge in [0.1, 0.15) is 0 Å². The van der Waals surface area contributed by atoms with Crippen LogP contribution in [-0.4, -0.2) is 27.7 Å². The number of carbonyl (C=O) groups is 1. The number of rotatable bonds is 1. The van der Waals surface area contributed by atoms with Crippen LogP contribution >= 0.6 is 0 Å². The summed E-state index contributed by atoms with van der Waals surface area (Å²) in [4.78, 5) is 16.6. The smallest absolute Gasteiger partial charge is 0.251 e. The maximum absolute atomic E-state index is 12.0. The van der Waals surface area contributed by atoms with Crippen molar-refractivity contribution in [2.75, 3.05) is 7.05 Å². The zero-order valence-electron chi connectivity index (χ0n) is 12.3. The Kier molecular flexibility index (Phi) is 3.08. The van der Waals surface area contributed by atoms with E-state index in [0.29, 0.717) is 5.56 Å². The van der Waals surface area contributed by atoms with Gasteiger partial charge in [-0.25, -0.2) is 9.67 Å². The molecule has 2 heterocycles. The van der Waals surface area contributed by atoms with Gasteiger partial charge in [-0.2, -0.15) is 5.10 Å². The lowest BCUT2D eigenvalue weighted by atomic mass is 10.1. The van der Waals surface area contributed by atoms with E-state index < -0.39 is 0 Å². The highest BCUT2D eigenvalue weighted by molar-refractivity contribution is 6.06. The van der Waals surface area contributed by atoms with Gasteiger partial charge in [-0.05, 0) is 40.7 Å². The molecule has 0 unspecified atom stereocenters. The second-order valence-electron chi connectivity index (χ2n) is 5.76. The molecule has 0 saturated heterocycles. The molecule has 102 valence electrons. The van der Waals surface area contributed by atoms with Crippen molar-refractivity contribution in [2.24, 2.45) is 0 Å². The highest BCUT2D eigenvalue weighted by Gasteiger charge is 2.23. The number of pyridine rings is 1. The van der Waals surface area contributed by atoms with Gasteiger partial charge in [0.15, 0.2) is 5.65 Å². The number of fused-ring (bicyclic) bond motifs is 1. The lowest BCUT2D eigenvalue weighted by molar-refractivity contribution is 0.0964. The SMILES string of the molecule is CNC(=O)c1cc(C)nc2c1c(C)nn2C(C)(C)C. The molecule has 5 heteroatoms. The second kappa shape index (κ2) is 4.33. The summed E-state index contributed by atoms with van der Waals surface area (Å²) < 4.78 is 1.89. The molecule has 1 N–H and O–H groups in total. The molecule has 0 aliphatic heterocycles. The Labute approximate surface area is 113 Å². The van der Waals surface area contributed by atoms with Crippen LogP contribution in [0.25, 0.3) is 11.0 Å². The molecule has 0 bridgehead atoms. The first kappa shape index (κ1) is 13.5. The molecule has 2 aromatic rings. The van der Waals surface area contributed by atoms with Crippen LogP contribution in [0.3, 0.4) is 0 Å². The summed E-state index contributed by atoms with van der Waals surface area (Å²) >= 11 is 0. The Balaban J connectivity index is 2.88. The largest absolute Gasteiger partial charge is 0.355 e. The molecule has 0 atom stereocenters. The van der Waals surface area contributed by atoms with E-state index in [2.05, 4.69) is 36.2 Å². The van der Waals surface area contributed by atoms with E-state index in [1.807, 2.05) is 24.6 Å². The van der Waals surface area contributed by atoms with Crippen LogP contribution in [0.1, 0.15) is 42.5 Å². The standard InChI is InChI=1S/C14H20N4O/c1-8-7-10(13(19)15-6)11-9(2)17-18(12(11)16-8)14(3,4)5/h7H,1-6H3,(H,15,19). The average molecular weight is 260 g/mol. The summed E-state index contributed by atoms with van der Waals surface area (Å²) in [5, 5.41) is 8.06. The number of carbonyl (C=O) groups excluding carboxylic acids is 1. The van der Waals surface area contributed by atoms with E-state index in [9.17, 15) is 4.79 Å². The third kappa shape index (κ3) is 2.20. The minimum Gasteiger partial charge on any atom is -0.355 e. The van der Waals surface area contributed by atoms with Gasteiger partial charge < -0.3 is 5.32 Å². The number of hydrogen-bond acceptors (Lipinski definition) is 3. The van der Waals surface area contributed by atoms with Gasteiger partial charge in [-0.15, -0.1) is 0 Å². The van der Waals surface area contributed by atoms with Crippen molar-refractivity contribution in [1.29, 1.82) is 0 Å². The van der Waals surface area contributed by atoms with Gasteiger partial charge in [-0.3, -0.25) is 4.79 Å². The molecule has 0 saturated carbocycles. The molecule has 0 radical (unpaired) electrons. The van der Waals surface area contributed by atoms with Gasteiger partial charge in [0.05, 0.1) is 22.2 Å². The quantitative estimate of drug-likeness (QED) is 0.854. The number of nitrogens with zero attached hydrogens (tertiary/aromatic N) is 3. The molecule has 0 aliphatic carbocycles. The zero-order valence-corrected chi connectivity index (χ0v) is 12.3. The predicted molar refractivity (Wildman–Crippen MR) is 75.4 cm³/mol. The second-order valence-corrected chi connectivity index (χ2v) is 5.76. The Morgan fingerprint density at radius 3 is 2.47 bits per heavy atom. The van der Waals surface area contributed by atoms with E-state index in [1.54, 1.807) is 7.05 Å². The van der Waals surface area contributed by atoms with Crippen molar-refractivity contribution >= 4 is 16.9 Å². The monoisotopic (exact) mass is 260 g/mol. The van der Waals surface area contributed by atoms with Gasteiger partial charge in [0.25, 0.3) is 5.91 Å². The van der Waals surface area contributed by atoms with Crippen molar-refractivity contribution in [1.82, 2.24) is 20.1 Å². The molecule has 0 aromatic carbocycles. The topological polar surface area (TPSA) is 59.8 Å². The first-order valence-electron chi connectivity index (χ1n) is 6.35. The summed E-state index contributed by atoms with van der Waals surface area (Å²) in [5.41, 5.74) is 2.88. The molecule has 0 spiro atoms. The minimum absolute atomic E-state index is 0.105. The fourth-order valence-electron chi connectivity index (χ4n) is 2.20. The van der Waals surface area contributed by atoms with E-state index in [4.69, 9.17) is 0 Å². The third-order valence-corrected chi connectivity index (χ3v) is 3.05. The Morgan fingerprint density at radius 2 is 1.95 bits per heavy atom. The molecule has 19 heavy (non-hydrogen) atoms. The normalized spacial score (nSPS) is 11.9. The van der Waals surface area contributed by atoms with Crippen molar-refractivity contribution in [3.63, 3.8) is 0 Å². The summed E-state index contributed by atoms with van der Waals surface area (Å²) in [7, 11) is 1.63. The fourth-order valence-corrected chi connectivity index (χ4v) is 2.20. The minimum atomic E-state index is -0.173. The molecule has 0 aliphatic rings. The number of amides is 1. The molecular weight excluding hydrogens is 240 g/mol. The van der Waals surface area contributed by atoms with Crippen molar-refractivity contribution in [3.05, 3.63) is 23.0 Å². The highest BCUT2D eigenvalue weighted by Crippen LogP contribution is 2.26. The number of aromatic nitrogens is 3. The molecule has 0 fully saturated rings. The maximum Gasteiger partial charge on any atom is 0.251 e. The summed E-state index contributed by atoms with van der Waals surface area (Å²) in [6, 6.07) is 1.81. The van der Waals surface area contributed by atoms with Gasteiger partial charge in [-0.1, -0.05) is 0 Å². The summed E-state index contributed by atoms with van der Waals surface area (Å²) in [6.45, 7) is 10.0. The highest BCUT2D eigenvalue weighted by atomic mass is 16.1. The first-order chi connectivity index (χ1) is 8.75. The Bertz CT molecular complexity index is 649. The van der Waals surface area contributed by atoms with Crippen LogP contribution in [-0.2, 0) is 5.54 Å². The Morgan fingerprint density at radius 1 is 1.32 bits per heavy atom. The third-order valence-electron chi connectivity index (χ3n) is 3.05. The zero-order chi connectivity index (χ0) is 14.4. The summed E-state index contributed by atoms with van der Waals surface area (Å²) in [6.07, 6.45) is 0. The molecule has 2 aromatic heterocycles. The van der Waals surface area contributed by atoms with Crippen LogP contribution < -0.4 is 5.32 Å². The summed E-state index contributed by atoms with van der Waals surface area (Å²) in [5.74, 6) is -0.105. The molecular formula is C14H20N4O. The van der Waals surface area contributed by atoms with Crippen LogP contribution in [0, 0.1) is 13.8 Å². The fraction of sp³-hybridized carbons (Fsp3) is 0.500. The number of aryl methyl sites for hydroxylation is 2. The van der Waals surface area contributed by atoms with Gasteiger partial charge >= 0.3 is 0 Å². The van der Waals surface area contributed by atoms with Crippen LogP contribution in [0.5, 0.6) is 0 Å². The molecule has 2 rings (SSSR count). The number of hydrogen-bond donors (Lipinski definition) is 1. The lowest BCUT2D eigenvalue weighted by Crippen LogP contribution is -2.24. The van der Waals surface area contributed by atoms with E-state index in [-0.39, 0.29) is 11.4 Å². The van der Waals surface area contributed by atoms with E-state index in [0.717, 1.165) is 22.4 Å². The van der Waals surface area contributed by atoms with Gasteiger partial charge in [0.2, 0.25) is 0 Å². The lowest BCUT2D eigenvalue weighted by Gasteiger charge is -2.20. The van der Waals surface area contributed by atoms with Crippen molar-refractivity contribution < 1.29 is 4.79 Å². The molecule has 5 nitrogen and oxygen atoms in total. The van der Waals surface area contributed by atoms with Crippen LogP contribution in [0.4, 0.5) is 0 Å². The van der Waals surface area contributed by atoms with Crippen molar-refractivity contribution in [2.45, 2.75) is 40.2 Å². The molecule has 1 amide bonds. The van der Waals surface area contributed by atoms with Gasteiger partial charge in [0, 0.05) is 12.7 Å². The van der Waals surface area contributed by atoms with Crippen LogP contribution in [0.2, 0.25) is 0 Å². The number of nitrogens with one attached hydrogen (secondary N) is 1. The average Bonchev–Trinajstić information content (AvgIpc) is 2.64. The Hall–Kier alpha value is -1.91. The van der Waals surface area contributed by atoms with E-state index >= 15 is 0 Å².